The van der Waals surface area contributed by atoms with Gasteiger partial charge in [0.05, 0.1) is 11.9 Å². The van der Waals surface area contributed by atoms with Crippen molar-refractivity contribution < 1.29 is 18.0 Å². The van der Waals surface area contributed by atoms with E-state index in [2.05, 4.69) is 21.2 Å². The number of halogens is 1. The van der Waals surface area contributed by atoms with Crippen molar-refractivity contribution in [3.63, 3.8) is 0 Å². The molecule has 0 radical (unpaired) electrons. The van der Waals surface area contributed by atoms with Crippen LogP contribution in [0.15, 0.2) is 53.0 Å². The van der Waals surface area contributed by atoms with E-state index in [4.69, 9.17) is 0 Å². The fourth-order valence-corrected chi connectivity index (χ4v) is 5.11. The van der Waals surface area contributed by atoms with Gasteiger partial charge in [0, 0.05) is 30.5 Å². The number of amides is 2. The zero-order valence-electron chi connectivity index (χ0n) is 20.3. The first-order valence-electron chi connectivity index (χ1n) is 11.4. The molecule has 0 heterocycles. The van der Waals surface area contributed by atoms with Gasteiger partial charge in [0.1, 0.15) is 6.04 Å². The summed E-state index contributed by atoms with van der Waals surface area (Å²) in [5.74, 6) is -0.403. The van der Waals surface area contributed by atoms with E-state index in [0.29, 0.717) is 18.7 Å². The third-order valence-corrected chi connectivity index (χ3v) is 7.17. The van der Waals surface area contributed by atoms with Crippen LogP contribution in [0, 0.1) is 6.92 Å². The lowest BCUT2D eigenvalue weighted by molar-refractivity contribution is -0.140. The molecule has 0 spiro atoms. The molecule has 2 rings (SSSR count). The number of hydrogen-bond acceptors (Lipinski definition) is 4. The van der Waals surface area contributed by atoms with E-state index in [9.17, 15) is 18.0 Å². The SMILES string of the molecule is CCCNC(=O)[C@H](C)N(Cc1cccc(Br)c1)C(=O)CCCN(c1ccccc1C)S(C)(=O)=O. The Morgan fingerprint density at radius 3 is 2.44 bits per heavy atom. The van der Waals surface area contributed by atoms with Crippen LogP contribution in [-0.4, -0.2) is 50.5 Å². The van der Waals surface area contributed by atoms with E-state index >= 15 is 0 Å². The van der Waals surface area contributed by atoms with Crippen molar-refractivity contribution >= 4 is 43.5 Å². The number of sulfonamides is 1. The van der Waals surface area contributed by atoms with Gasteiger partial charge in [-0.2, -0.15) is 0 Å². The van der Waals surface area contributed by atoms with Gasteiger partial charge >= 0.3 is 0 Å². The van der Waals surface area contributed by atoms with Crippen LogP contribution >= 0.6 is 15.9 Å². The zero-order chi connectivity index (χ0) is 25.3. The molecule has 0 aliphatic heterocycles. The highest BCUT2D eigenvalue weighted by atomic mass is 79.9. The normalized spacial score (nSPS) is 12.1. The first kappa shape index (κ1) is 27.9. The van der Waals surface area contributed by atoms with Crippen molar-refractivity contribution in [3.05, 3.63) is 64.1 Å². The number of hydrogen-bond donors (Lipinski definition) is 1. The fraction of sp³-hybridized carbons (Fsp3) is 0.440. The van der Waals surface area contributed by atoms with Crippen LogP contribution in [0.5, 0.6) is 0 Å². The molecular formula is C25H34BrN3O4S. The molecule has 0 aliphatic rings. The highest BCUT2D eigenvalue weighted by molar-refractivity contribution is 9.10. The minimum atomic E-state index is -3.51. The van der Waals surface area contributed by atoms with E-state index in [1.807, 2.05) is 50.2 Å². The standard InChI is InChI=1S/C25H34BrN3O4S/c1-5-15-27-25(31)20(3)28(18-21-11-8-12-22(26)17-21)24(30)14-9-16-29(34(4,32)33)23-13-7-6-10-19(23)2/h6-8,10-13,17,20H,5,9,14-16,18H2,1-4H3,(H,27,31)/t20-/m0/s1. The molecule has 1 atom stereocenters. The molecule has 9 heteroatoms. The minimum absolute atomic E-state index is 0.122. The molecular weight excluding hydrogens is 518 g/mol. The Morgan fingerprint density at radius 2 is 1.82 bits per heavy atom. The number of rotatable bonds is 12. The average Bonchev–Trinajstić information content (AvgIpc) is 2.78. The summed E-state index contributed by atoms with van der Waals surface area (Å²) >= 11 is 3.45. The van der Waals surface area contributed by atoms with Gasteiger partial charge in [-0.25, -0.2) is 8.42 Å². The van der Waals surface area contributed by atoms with Gasteiger partial charge in [0.2, 0.25) is 21.8 Å². The van der Waals surface area contributed by atoms with Crippen LogP contribution in [0.1, 0.15) is 44.2 Å². The topological polar surface area (TPSA) is 86.8 Å². The van der Waals surface area contributed by atoms with Gasteiger partial charge < -0.3 is 10.2 Å². The number of carbonyl (C=O) groups excluding carboxylic acids is 2. The highest BCUT2D eigenvalue weighted by Gasteiger charge is 2.26. The Bertz CT molecular complexity index is 1090. The second-order valence-corrected chi connectivity index (χ2v) is 11.2. The van der Waals surface area contributed by atoms with Crippen molar-refractivity contribution in [2.75, 3.05) is 23.7 Å². The summed E-state index contributed by atoms with van der Waals surface area (Å²) < 4.78 is 27.1. The third kappa shape index (κ3) is 8.13. The van der Waals surface area contributed by atoms with Crippen LogP contribution in [0.4, 0.5) is 5.69 Å². The van der Waals surface area contributed by atoms with Crippen molar-refractivity contribution in [2.45, 2.75) is 52.6 Å². The molecule has 2 aromatic rings. The summed E-state index contributed by atoms with van der Waals surface area (Å²) in [4.78, 5) is 27.5. The third-order valence-electron chi connectivity index (χ3n) is 5.49. The number of benzene rings is 2. The molecule has 7 nitrogen and oxygen atoms in total. The van der Waals surface area contributed by atoms with E-state index in [1.165, 1.54) is 10.6 Å². The Hall–Kier alpha value is -2.39. The smallest absolute Gasteiger partial charge is 0.242 e. The second kappa shape index (κ2) is 12.9. The molecule has 0 unspecified atom stereocenters. The van der Waals surface area contributed by atoms with Crippen molar-refractivity contribution in [2.24, 2.45) is 0 Å². The fourth-order valence-electron chi connectivity index (χ4n) is 3.64. The average molecular weight is 553 g/mol. The number of anilines is 1. The summed E-state index contributed by atoms with van der Waals surface area (Å²) in [5.41, 5.74) is 2.35. The first-order valence-corrected chi connectivity index (χ1v) is 14.0. The Labute approximate surface area is 211 Å². The number of nitrogens with zero attached hydrogens (tertiary/aromatic N) is 2. The van der Waals surface area contributed by atoms with Crippen LogP contribution < -0.4 is 9.62 Å². The maximum absolute atomic E-state index is 13.3. The largest absolute Gasteiger partial charge is 0.354 e. The maximum Gasteiger partial charge on any atom is 0.242 e. The molecule has 0 saturated carbocycles. The molecule has 0 aromatic heterocycles. The highest BCUT2D eigenvalue weighted by Crippen LogP contribution is 2.23. The van der Waals surface area contributed by atoms with E-state index in [0.717, 1.165) is 22.0 Å². The Kier molecular flexibility index (Phi) is 10.6. The lowest BCUT2D eigenvalue weighted by atomic mass is 10.1. The monoisotopic (exact) mass is 551 g/mol. The van der Waals surface area contributed by atoms with Gasteiger partial charge in [-0.05, 0) is 56.0 Å². The molecule has 0 saturated heterocycles. The molecule has 0 bridgehead atoms. The number of para-hydroxylation sites is 1. The second-order valence-electron chi connectivity index (χ2n) is 8.34. The first-order chi connectivity index (χ1) is 16.0. The summed E-state index contributed by atoms with van der Waals surface area (Å²) in [5, 5.41) is 2.86. The molecule has 186 valence electrons. The molecule has 0 aliphatic carbocycles. The summed E-state index contributed by atoms with van der Waals surface area (Å²) in [6, 6.07) is 14.2. The molecule has 0 fully saturated rings. The van der Waals surface area contributed by atoms with Crippen molar-refractivity contribution in [1.29, 1.82) is 0 Å². The quantitative estimate of drug-likeness (QED) is 0.427. The van der Waals surface area contributed by atoms with E-state index in [-0.39, 0.29) is 31.3 Å². The van der Waals surface area contributed by atoms with Gasteiger partial charge in [-0.1, -0.05) is 53.2 Å². The number of nitrogens with one attached hydrogen (secondary N) is 1. The van der Waals surface area contributed by atoms with E-state index in [1.54, 1.807) is 24.0 Å². The molecule has 34 heavy (non-hydrogen) atoms. The molecule has 2 amide bonds. The van der Waals surface area contributed by atoms with Gasteiger partial charge in [-0.3, -0.25) is 13.9 Å². The summed E-state index contributed by atoms with van der Waals surface area (Å²) in [7, 11) is -3.51. The van der Waals surface area contributed by atoms with Crippen molar-refractivity contribution in [1.82, 2.24) is 10.2 Å². The minimum Gasteiger partial charge on any atom is -0.354 e. The van der Waals surface area contributed by atoms with Gasteiger partial charge in [0.15, 0.2) is 0 Å². The van der Waals surface area contributed by atoms with Crippen molar-refractivity contribution in [3.8, 4) is 0 Å². The predicted molar refractivity (Wildman–Crippen MR) is 140 cm³/mol. The Morgan fingerprint density at radius 1 is 1.12 bits per heavy atom. The van der Waals surface area contributed by atoms with Gasteiger partial charge in [0.25, 0.3) is 0 Å². The van der Waals surface area contributed by atoms with Crippen LogP contribution in [0.2, 0.25) is 0 Å². The zero-order valence-corrected chi connectivity index (χ0v) is 22.7. The number of aryl methyl sites for hydroxylation is 1. The van der Waals surface area contributed by atoms with Crippen LogP contribution in [0.25, 0.3) is 0 Å². The molecule has 1 N–H and O–H groups in total. The summed E-state index contributed by atoms with van der Waals surface area (Å²) in [6.07, 6.45) is 2.43. The number of carbonyl (C=O) groups is 2. The van der Waals surface area contributed by atoms with Crippen LogP contribution in [-0.2, 0) is 26.2 Å². The van der Waals surface area contributed by atoms with E-state index < -0.39 is 16.1 Å². The van der Waals surface area contributed by atoms with Crippen LogP contribution in [0.3, 0.4) is 0 Å². The lowest BCUT2D eigenvalue weighted by Gasteiger charge is -2.29. The molecule has 2 aromatic carbocycles. The lowest BCUT2D eigenvalue weighted by Crippen LogP contribution is -2.47. The maximum atomic E-state index is 13.3. The summed E-state index contributed by atoms with van der Waals surface area (Å²) in [6.45, 7) is 6.55. The van der Waals surface area contributed by atoms with Gasteiger partial charge in [-0.15, -0.1) is 0 Å². The Balaban J connectivity index is 2.16. The predicted octanol–water partition coefficient (Wildman–Crippen LogP) is 4.25.